The van der Waals surface area contributed by atoms with Crippen molar-refractivity contribution in [2.24, 2.45) is 11.7 Å². The summed E-state index contributed by atoms with van der Waals surface area (Å²) in [6, 6.07) is 2.93. The SMILES string of the molecule is NCC1CN(C(=O)c2cc[nH]c(=O)c2)C1. The van der Waals surface area contributed by atoms with Crippen molar-refractivity contribution in [1.82, 2.24) is 9.88 Å². The van der Waals surface area contributed by atoms with Gasteiger partial charge >= 0.3 is 0 Å². The number of H-pyrrole nitrogens is 1. The van der Waals surface area contributed by atoms with E-state index in [1.807, 2.05) is 0 Å². The molecule has 5 nitrogen and oxygen atoms in total. The van der Waals surface area contributed by atoms with Gasteiger partial charge in [-0.3, -0.25) is 9.59 Å². The van der Waals surface area contributed by atoms with E-state index in [1.165, 1.54) is 12.3 Å². The second kappa shape index (κ2) is 3.86. The molecule has 1 aliphatic rings. The summed E-state index contributed by atoms with van der Waals surface area (Å²) in [6.07, 6.45) is 1.48. The standard InChI is InChI=1S/C10H13N3O2/c11-4-7-5-13(6-7)10(15)8-1-2-12-9(14)3-8/h1-3,7H,4-6,11H2,(H,12,14). The Balaban J connectivity index is 2.06. The van der Waals surface area contributed by atoms with Gasteiger partial charge in [0.25, 0.3) is 5.91 Å². The van der Waals surface area contributed by atoms with Gasteiger partial charge < -0.3 is 15.6 Å². The van der Waals surface area contributed by atoms with Crippen LogP contribution in [-0.4, -0.2) is 35.4 Å². The Hall–Kier alpha value is -1.62. The summed E-state index contributed by atoms with van der Waals surface area (Å²) in [5.74, 6) is 0.321. The zero-order chi connectivity index (χ0) is 10.8. The van der Waals surface area contributed by atoms with Crippen LogP contribution in [0, 0.1) is 5.92 Å². The predicted molar refractivity (Wildman–Crippen MR) is 55.5 cm³/mol. The summed E-state index contributed by atoms with van der Waals surface area (Å²) >= 11 is 0. The number of rotatable bonds is 2. The Morgan fingerprint density at radius 3 is 2.93 bits per heavy atom. The van der Waals surface area contributed by atoms with Gasteiger partial charge in [0, 0.05) is 36.8 Å². The summed E-state index contributed by atoms with van der Waals surface area (Å²) in [7, 11) is 0. The Bertz CT molecular complexity index is 421. The molecule has 0 radical (unpaired) electrons. The van der Waals surface area contributed by atoms with Crippen LogP contribution in [0.3, 0.4) is 0 Å². The molecule has 15 heavy (non-hydrogen) atoms. The summed E-state index contributed by atoms with van der Waals surface area (Å²) in [4.78, 5) is 26.9. The number of aromatic amines is 1. The lowest BCUT2D eigenvalue weighted by molar-refractivity contribution is 0.0515. The average molecular weight is 207 g/mol. The van der Waals surface area contributed by atoms with Crippen molar-refractivity contribution >= 4 is 5.91 Å². The van der Waals surface area contributed by atoms with Gasteiger partial charge in [0.1, 0.15) is 0 Å². The quantitative estimate of drug-likeness (QED) is 0.680. The minimum atomic E-state index is -0.253. The van der Waals surface area contributed by atoms with Crippen LogP contribution in [0.25, 0.3) is 0 Å². The molecule has 0 spiro atoms. The number of carbonyl (C=O) groups is 1. The molecular weight excluding hydrogens is 194 g/mol. The van der Waals surface area contributed by atoms with Gasteiger partial charge in [-0.05, 0) is 12.6 Å². The van der Waals surface area contributed by atoms with Crippen molar-refractivity contribution in [3.8, 4) is 0 Å². The molecule has 1 amide bonds. The summed E-state index contributed by atoms with van der Waals surface area (Å²) in [6.45, 7) is 2.00. The largest absolute Gasteiger partial charge is 0.338 e. The zero-order valence-electron chi connectivity index (χ0n) is 8.27. The molecule has 0 bridgehead atoms. The third-order valence-electron chi connectivity index (χ3n) is 2.60. The lowest BCUT2D eigenvalue weighted by atomic mass is 9.99. The van der Waals surface area contributed by atoms with Crippen molar-refractivity contribution in [2.75, 3.05) is 19.6 Å². The molecule has 5 heteroatoms. The molecule has 80 valence electrons. The first-order valence-electron chi connectivity index (χ1n) is 4.89. The third-order valence-corrected chi connectivity index (χ3v) is 2.60. The molecule has 1 aromatic rings. The number of amides is 1. The normalized spacial score (nSPS) is 16.2. The highest BCUT2D eigenvalue weighted by Crippen LogP contribution is 2.16. The monoisotopic (exact) mass is 207 g/mol. The summed E-state index contributed by atoms with van der Waals surface area (Å²) < 4.78 is 0. The van der Waals surface area contributed by atoms with Crippen LogP contribution in [0.5, 0.6) is 0 Å². The van der Waals surface area contributed by atoms with Gasteiger partial charge in [-0.2, -0.15) is 0 Å². The third kappa shape index (κ3) is 1.92. The fraction of sp³-hybridized carbons (Fsp3) is 0.400. The molecule has 1 saturated heterocycles. The lowest BCUT2D eigenvalue weighted by Crippen LogP contribution is -2.52. The van der Waals surface area contributed by atoms with Crippen molar-refractivity contribution in [3.05, 3.63) is 34.2 Å². The number of nitrogens with zero attached hydrogens (tertiary/aromatic N) is 1. The molecule has 1 aromatic heterocycles. The molecule has 0 aromatic carbocycles. The van der Waals surface area contributed by atoms with Crippen LogP contribution < -0.4 is 11.3 Å². The second-order valence-electron chi connectivity index (χ2n) is 3.75. The number of carbonyl (C=O) groups excluding carboxylic acids is 1. The van der Waals surface area contributed by atoms with E-state index in [1.54, 1.807) is 11.0 Å². The number of nitrogens with two attached hydrogens (primary N) is 1. The van der Waals surface area contributed by atoms with Gasteiger partial charge in [0.05, 0.1) is 0 Å². The molecule has 1 aliphatic heterocycles. The molecule has 0 saturated carbocycles. The van der Waals surface area contributed by atoms with E-state index in [-0.39, 0.29) is 11.5 Å². The van der Waals surface area contributed by atoms with Crippen molar-refractivity contribution in [2.45, 2.75) is 0 Å². The number of hydrogen-bond donors (Lipinski definition) is 2. The number of hydrogen-bond acceptors (Lipinski definition) is 3. The van der Waals surface area contributed by atoms with Gasteiger partial charge in [-0.15, -0.1) is 0 Å². The topological polar surface area (TPSA) is 79.2 Å². The molecular formula is C10H13N3O2. The molecule has 2 heterocycles. The molecule has 0 aliphatic carbocycles. The Morgan fingerprint density at radius 2 is 2.33 bits per heavy atom. The number of nitrogens with one attached hydrogen (secondary N) is 1. The van der Waals surface area contributed by atoms with Crippen molar-refractivity contribution in [1.29, 1.82) is 0 Å². The van der Waals surface area contributed by atoms with Crippen LogP contribution in [0.15, 0.2) is 23.1 Å². The van der Waals surface area contributed by atoms with E-state index in [9.17, 15) is 9.59 Å². The Labute approximate surface area is 86.9 Å². The van der Waals surface area contributed by atoms with E-state index in [0.717, 1.165) is 0 Å². The van der Waals surface area contributed by atoms with Crippen LogP contribution in [0.1, 0.15) is 10.4 Å². The van der Waals surface area contributed by atoms with Gasteiger partial charge in [-0.25, -0.2) is 0 Å². The molecule has 3 N–H and O–H groups in total. The van der Waals surface area contributed by atoms with Crippen molar-refractivity contribution < 1.29 is 4.79 Å². The van der Waals surface area contributed by atoms with Crippen LogP contribution in [-0.2, 0) is 0 Å². The summed E-state index contributed by atoms with van der Waals surface area (Å²) in [5, 5.41) is 0. The number of aromatic nitrogens is 1. The minimum absolute atomic E-state index is 0.0919. The van der Waals surface area contributed by atoms with Gasteiger partial charge in [0.2, 0.25) is 5.56 Å². The van der Waals surface area contributed by atoms with Crippen LogP contribution >= 0.6 is 0 Å². The summed E-state index contributed by atoms with van der Waals surface area (Å²) in [5.41, 5.74) is 5.65. The maximum Gasteiger partial charge on any atom is 0.254 e. The minimum Gasteiger partial charge on any atom is -0.338 e. The predicted octanol–water partition coefficient (Wildman–Crippen LogP) is -0.594. The van der Waals surface area contributed by atoms with E-state index < -0.39 is 0 Å². The number of likely N-dealkylation sites (tertiary alicyclic amines) is 1. The van der Waals surface area contributed by atoms with E-state index in [2.05, 4.69) is 4.98 Å². The van der Waals surface area contributed by atoms with Gasteiger partial charge in [0.15, 0.2) is 0 Å². The first-order chi connectivity index (χ1) is 7.20. The Kier molecular flexibility index (Phi) is 2.55. The van der Waals surface area contributed by atoms with Crippen molar-refractivity contribution in [3.63, 3.8) is 0 Å². The lowest BCUT2D eigenvalue weighted by Gasteiger charge is -2.38. The average Bonchev–Trinajstić information content (AvgIpc) is 2.16. The molecule has 1 fully saturated rings. The fourth-order valence-corrected chi connectivity index (χ4v) is 1.64. The van der Waals surface area contributed by atoms with Gasteiger partial charge in [-0.1, -0.05) is 0 Å². The highest BCUT2D eigenvalue weighted by atomic mass is 16.2. The van der Waals surface area contributed by atoms with Crippen LogP contribution in [0.4, 0.5) is 0 Å². The number of pyridine rings is 1. The molecule has 0 atom stereocenters. The maximum absolute atomic E-state index is 11.8. The Morgan fingerprint density at radius 1 is 1.60 bits per heavy atom. The highest BCUT2D eigenvalue weighted by molar-refractivity contribution is 5.94. The molecule has 0 unspecified atom stereocenters. The zero-order valence-corrected chi connectivity index (χ0v) is 8.27. The smallest absolute Gasteiger partial charge is 0.254 e. The highest BCUT2D eigenvalue weighted by Gasteiger charge is 2.29. The van der Waals surface area contributed by atoms with Crippen LogP contribution in [0.2, 0.25) is 0 Å². The fourth-order valence-electron chi connectivity index (χ4n) is 1.64. The van der Waals surface area contributed by atoms with E-state index in [0.29, 0.717) is 31.1 Å². The second-order valence-corrected chi connectivity index (χ2v) is 3.75. The van der Waals surface area contributed by atoms with E-state index >= 15 is 0 Å². The first-order valence-corrected chi connectivity index (χ1v) is 4.89. The first kappa shape index (κ1) is 9.92. The van der Waals surface area contributed by atoms with E-state index in [4.69, 9.17) is 5.73 Å². The maximum atomic E-state index is 11.8. The molecule has 2 rings (SSSR count).